The lowest BCUT2D eigenvalue weighted by Crippen LogP contribution is -2.22. The summed E-state index contributed by atoms with van der Waals surface area (Å²) in [4.78, 5) is 2.14. The molecule has 1 heterocycles. The fourth-order valence-corrected chi connectivity index (χ4v) is 2.75. The number of hydrogen-bond acceptors (Lipinski definition) is 5. The molecular formula is C19H20ClN3O2. The van der Waals surface area contributed by atoms with Crippen molar-refractivity contribution in [1.29, 1.82) is 0 Å². The first-order valence-corrected chi connectivity index (χ1v) is 8.37. The van der Waals surface area contributed by atoms with Crippen molar-refractivity contribution in [3.63, 3.8) is 0 Å². The summed E-state index contributed by atoms with van der Waals surface area (Å²) in [5.41, 5.74) is 1.97. The maximum atomic E-state index is 5.91. The second-order valence-electron chi connectivity index (χ2n) is 5.84. The van der Waals surface area contributed by atoms with Crippen LogP contribution in [0.15, 0.2) is 52.9 Å². The number of methoxy groups -OCH3 is 1. The van der Waals surface area contributed by atoms with E-state index in [1.165, 1.54) is 0 Å². The van der Waals surface area contributed by atoms with Crippen molar-refractivity contribution in [2.24, 2.45) is 0 Å². The second kappa shape index (κ2) is 7.68. The van der Waals surface area contributed by atoms with E-state index in [2.05, 4.69) is 28.1 Å². The zero-order chi connectivity index (χ0) is 17.8. The Hall–Kier alpha value is -2.37. The Kier molecular flexibility index (Phi) is 5.36. The van der Waals surface area contributed by atoms with Crippen molar-refractivity contribution in [1.82, 2.24) is 15.1 Å². The summed E-state index contributed by atoms with van der Waals surface area (Å²) in [5.74, 6) is 1.92. The first-order chi connectivity index (χ1) is 12.1. The molecule has 1 atom stereocenters. The molecular weight excluding hydrogens is 338 g/mol. The van der Waals surface area contributed by atoms with Crippen LogP contribution < -0.4 is 4.74 Å². The number of para-hydroxylation sites is 1. The lowest BCUT2D eigenvalue weighted by molar-refractivity contribution is 0.224. The molecule has 5 nitrogen and oxygen atoms in total. The van der Waals surface area contributed by atoms with Gasteiger partial charge in [0.05, 0.1) is 13.7 Å². The molecule has 0 saturated carbocycles. The third kappa shape index (κ3) is 4.00. The van der Waals surface area contributed by atoms with Crippen LogP contribution in [0.4, 0.5) is 0 Å². The Labute approximate surface area is 152 Å². The van der Waals surface area contributed by atoms with Crippen LogP contribution in [0.2, 0.25) is 5.02 Å². The number of rotatable bonds is 6. The van der Waals surface area contributed by atoms with Crippen molar-refractivity contribution in [2.75, 3.05) is 14.2 Å². The molecule has 0 N–H and O–H groups in total. The van der Waals surface area contributed by atoms with Crippen molar-refractivity contribution in [3.8, 4) is 17.2 Å². The van der Waals surface area contributed by atoms with Crippen molar-refractivity contribution >= 4 is 11.6 Å². The Bertz CT molecular complexity index is 833. The van der Waals surface area contributed by atoms with E-state index in [0.717, 1.165) is 16.9 Å². The summed E-state index contributed by atoms with van der Waals surface area (Å²) in [5, 5.41) is 8.95. The van der Waals surface area contributed by atoms with Gasteiger partial charge in [-0.3, -0.25) is 4.90 Å². The maximum Gasteiger partial charge on any atom is 0.247 e. The van der Waals surface area contributed by atoms with Crippen LogP contribution in [-0.4, -0.2) is 29.3 Å². The highest BCUT2D eigenvalue weighted by molar-refractivity contribution is 6.30. The van der Waals surface area contributed by atoms with E-state index in [9.17, 15) is 0 Å². The summed E-state index contributed by atoms with van der Waals surface area (Å²) in [6.07, 6.45) is 0. The number of benzene rings is 2. The van der Waals surface area contributed by atoms with E-state index in [4.69, 9.17) is 20.8 Å². The zero-order valence-electron chi connectivity index (χ0n) is 14.4. The molecule has 0 amide bonds. The highest BCUT2D eigenvalue weighted by Gasteiger charge is 2.18. The fourth-order valence-electron chi connectivity index (χ4n) is 2.63. The second-order valence-corrected chi connectivity index (χ2v) is 6.28. The topological polar surface area (TPSA) is 51.4 Å². The van der Waals surface area contributed by atoms with E-state index in [1.807, 2.05) is 37.4 Å². The van der Waals surface area contributed by atoms with E-state index in [-0.39, 0.29) is 6.04 Å². The molecule has 25 heavy (non-hydrogen) atoms. The van der Waals surface area contributed by atoms with Gasteiger partial charge in [-0.2, -0.15) is 0 Å². The summed E-state index contributed by atoms with van der Waals surface area (Å²) in [6, 6.07) is 15.5. The van der Waals surface area contributed by atoms with E-state index < -0.39 is 0 Å². The largest absolute Gasteiger partial charge is 0.496 e. The van der Waals surface area contributed by atoms with Crippen molar-refractivity contribution in [2.45, 2.75) is 19.5 Å². The van der Waals surface area contributed by atoms with Crippen LogP contribution >= 0.6 is 11.6 Å². The highest BCUT2D eigenvalue weighted by Crippen LogP contribution is 2.29. The molecule has 0 radical (unpaired) electrons. The van der Waals surface area contributed by atoms with E-state index in [1.54, 1.807) is 19.2 Å². The molecule has 0 aliphatic rings. The SMILES string of the molecule is COc1ccccc1C(C)N(C)Cc1nnc(-c2ccc(Cl)cc2)o1. The average molecular weight is 358 g/mol. The Morgan fingerprint density at radius 2 is 1.84 bits per heavy atom. The van der Waals surface area contributed by atoms with Gasteiger partial charge in [0.1, 0.15) is 5.75 Å². The van der Waals surface area contributed by atoms with Crippen LogP contribution in [0.25, 0.3) is 11.5 Å². The molecule has 0 aliphatic carbocycles. The normalized spacial score (nSPS) is 12.4. The first-order valence-electron chi connectivity index (χ1n) is 8.00. The van der Waals surface area contributed by atoms with Gasteiger partial charge < -0.3 is 9.15 Å². The molecule has 0 aliphatic heterocycles. The molecule has 0 bridgehead atoms. The van der Waals surface area contributed by atoms with Crippen molar-refractivity contribution < 1.29 is 9.15 Å². The minimum Gasteiger partial charge on any atom is -0.496 e. The van der Waals surface area contributed by atoms with Gasteiger partial charge in [0.15, 0.2) is 0 Å². The molecule has 2 aromatic carbocycles. The van der Waals surface area contributed by atoms with E-state index in [0.29, 0.717) is 23.3 Å². The molecule has 3 rings (SSSR count). The number of ether oxygens (including phenoxy) is 1. The zero-order valence-corrected chi connectivity index (χ0v) is 15.2. The number of halogens is 1. The van der Waals surface area contributed by atoms with Gasteiger partial charge in [0, 0.05) is 22.2 Å². The lowest BCUT2D eigenvalue weighted by atomic mass is 10.1. The van der Waals surface area contributed by atoms with E-state index >= 15 is 0 Å². The number of hydrogen-bond donors (Lipinski definition) is 0. The molecule has 6 heteroatoms. The molecule has 130 valence electrons. The predicted octanol–water partition coefficient (Wildman–Crippen LogP) is 4.59. The highest BCUT2D eigenvalue weighted by atomic mass is 35.5. The maximum absolute atomic E-state index is 5.91. The lowest BCUT2D eigenvalue weighted by Gasteiger charge is -2.24. The molecule has 0 fully saturated rings. The standard InChI is InChI=1S/C19H20ClN3O2/c1-13(16-6-4-5-7-17(16)24-3)23(2)12-18-21-22-19(25-18)14-8-10-15(20)11-9-14/h4-11,13H,12H2,1-3H3. The molecule has 1 aromatic heterocycles. The summed E-state index contributed by atoms with van der Waals surface area (Å²) in [6.45, 7) is 2.66. The minimum atomic E-state index is 0.141. The Balaban J connectivity index is 1.73. The number of aromatic nitrogens is 2. The van der Waals surface area contributed by atoms with Gasteiger partial charge in [-0.1, -0.05) is 29.8 Å². The third-order valence-electron chi connectivity index (χ3n) is 4.19. The van der Waals surface area contributed by atoms with Crippen LogP contribution in [0.1, 0.15) is 24.4 Å². The molecule has 0 saturated heterocycles. The fraction of sp³-hybridized carbons (Fsp3) is 0.263. The van der Waals surface area contributed by atoms with Gasteiger partial charge in [0.2, 0.25) is 11.8 Å². The van der Waals surface area contributed by atoms with Gasteiger partial charge in [-0.25, -0.2) is 0 Å². The quantitative estimate of drug-likeness (QED) is 0.645. The average Bonchev–Trinajstić information content (AvgIpc) is 3.10. The smallest absolute Gasteiger partial charge is 0.247 e. The first kappa shape index (κ1) is 17.5. The monoisotopic (exact) mass is 357 g/mol. The molecule has 1 unspecified atom stereocenters. The van der Waals surface area contributed by atoms with Gasteiger partial charge in [-0.15, -0.1) is 10.2 Å². The minimum absolute atomic E-state index is 0.141. The Morgan fingerprint density at radius 1 is 1.12 bits per heavy atom. The van der Waals surface area contributed by atoms with Crippen LogP contribution in [0.3, 0.4) is 0 Å². The third-order valence-corrected chi connectivity index (χ3v) is 4.44. The number of nitrogens with zero attached hydrogens (tertiary/aromatic N) is 3. The van der Waals surface area contributed by atoms with Crippen LogP contribution in [-0.2, 0) is 6.54 Å². The molecule has 3 aromatic rings. The summed E-state index contributed by atoms with van der Waals surface area (Å²) >= 11 is 5.91. The van der Waals surface area contributed by atoms with Gasteiger partial charge in [-0.05, 0) is 44.3 Å². The molecule has 0 spiro atoms. The summed E-state index contributed by atoms with van der Waals surface area (Å²) < 4.78 is 11.2. The van der Waals surface area contributed by atoms with Crippen LogP contribution in [0, 0.1) is 0 Å². The predicted molar refractivity (Wildman–Crippen MR) is 97.6 cm³/mol. The van der Waals surface area contributed by atoms with Gasteiger partial charge in [0.25, 0.3) is 0 Å². The van der Waals surface area contributed by atoms with Crippen molar-refractivity contribution in [3.05, 3.63) is 65.0 Å². The Morgan fingerprint density at radius 3 is 2.56 bits per heavy atom. The van der Waals surface area contributed by atoms with Gasteiger partial charge >= 0.3 is 0 Å². The summed E-state index contributed by atoms with van der Waals surface area (Å²) in [7, 11) is 3.70. The van der Waals surface area contributed by atoms with Crippen LogP contribution in [0.5, 0.6) is 5.75 Å².